The lowest BCUT2D eigenvalue weighted by Crippen LogP contribution is -2.66. The predicted molar refractivity (Wildman–Crippen MR) is 224 cm³/mol. The largest absolute Gasteiger partial charge is 0.573 e. The fourth-order valence-corrected chi connectivity index (χ4v) is 8.57. The average molecular weight is 973 g/mol. The lowest BCUT2D eigenvalue weighted by Gasteiger charge is -2.47. The van der Waals surface area contributed by atoms with Crippen LogP contribution in [0.5, 0.6) is 11.5 Å². The fraction of sp³-hybridized carbons (Fsp3) is 0.605. The molecule has 4 saturated heterocycles. The molecule has 25 heteroatoms. The molecular weight excluding hydrogens is 917 g/mol. The SMILES string of the molecule is CC1C(O)[C@H](O)[C@H](CO)O[C@@H]1O[C@@H]1O[C@H](C[C@@H](O)[C@H]2O[C@@H](n3ccc(=O)[nH]c3=O)C(O)C2O)C(O)C(O)[C@H]1NC(=O)COCc1ccc(N2CCC(Oc3ccc(OC(F)(F)F)cc3)CC2)cc1. The van der Waals surface area contributed by atoms with E-state index >= 15 is 0 Å². The minimum Gasteiger partial charge on any atom is -0.490 e. The monoisotopic (exact) mass is 972 g/mol. The van der Waals surface area contributed by atoms with Crippen molar-refractivity contribution in [2.45, 2.75) is 131 Å². The molecule has 0 radical (unpaired) electrons. The standard InChI is InChI=1S/C43H55F3N4O18/c1-20-32(55)34(57)28(17-51)65-40(20)67-41-31(35(58)33(56)27(64-41)16-26(52)38-36(59)37(60)39(66-38)50-15-12-29(53)48-42(50)61)47-30(54)19-62-18-21-2-4-22(5-3-21)49-13-10-24(11-14-49)63-23-6-8-25(9-7-23)68-43(44,45)46/h2-9,12,15,20,24,26-28,31-41,51-52,55-60H,10-11,13-14,16-19H2,1H3,(H,47,54)(H,48,53,61)/t20?,26-,27-,28+,31-,32?,33?,34-,35?,36?,37?,38-,39-,40-,41+/m1/s1. The van der Waals surface area contributed by atoms with Gasteiger partial charge in [0.15, 0.2) is 18.8 Å². The highest BCUT2D eigenvalue weighted by Crippen LogP contribution is 2.36. The Hall–Kier alpha value is -4.74. The van der Waals surface area contributed by atoms with E-state index in [4.69, 9.17) is 28.4 Å². The molecule has 7 rings (SSSR count). The quantitative estimate of drug-likeness (QED) is 0.0749. The summed E-state index contributed by atoms with van der Waals surface area (Å²) in [6.07, 6.45) is -24.3. The number of alkyl halides is 3. The first-order chi connectivity index (χ1) is 32.3. The van der Waals surface area contributed by atoms with E-state index in [0.717, 1.165) is 22.5 Å². The minimum absolute atomic E-state index is 0.0136. The molecule has 15 atom stereocenters. The molecule has 22 nitrogen and oxygen atoms in total. The molecule has 1 amide bonds. The van der Waals surface area contributed by atoms with Gasteiger partial charge in [-0.1, -0.05) is 19.1 Å². The van der Waals surface area contributed by atoms with Gasteiger partial charge in [-0.25, -0.2) is 4.79 Å². The van der Waals surface area contributed by atoms with Crippen molar-refractivity contribution in [3.8, 4) is 11.5 Å². The molecule has 68 heavy (non-hydrogen) atoms. The van der Waals surface area contributed by atoms with Crippen LogP contribution in [0.15, 0.2) is 70.4 Å². The maximum Gasteiger partial charge on any atom is 0.573 e. The van der Waals surface area contributed by atoms with E-state index in [1.807, 2.05) is 29.2 Å². The predicted octanol–water partition coefficient (Wildman–Crippen LogP) is -1.91. The number of H-pyrrole nitrogens is 1. The number of anilines is 1. The van der Waals surface area contributed by atoms with Crippen molar-refractivity contribution in [3.63, 3.8) is 0 Å². The third-order valence-electron chi connectivity index (χ3n) is 12.3. The summed E-state index contributed by atoms with van der Waals surface area (Å²) in [5, 5.41) is 88.8. The Morgan fingerprint density at radius 3 is 2.13 bits per heavy atom. The van der Waals surface area contributed by atoms with Crippen LogP contribution in [-0.4, -0.2) is 175 Å². The number of aliphatic hydroxyl groups excluding tert-OH is 8. The Balaban J connectivity index is 0.935. The van der Waals surface area contributed by atoms with E-state index in [1.165, 1.54) is 31.2 Å². The molecule has 1 aromatic heterocycles. The molecule has 376 valence electrons. The minimum atomic E-state index is -4.79. The number of carbonyl (C=O) groups excluding carboxylic acids is 1. The van der Waals surface area contributed by atoms with Crippen molar-refractivity contribution < 1.29 is 92.0 Å². The zero-order valence-electron chi connectivity index (χ0n) is 36.4. The summed E-state index contributed by atoms with van der Waals surface area (Å²) >= 11 is 0. The van der Waals surface area contributed by atoms with Crippen molar-refractivity contribution >= 4 is 11.6 Å². The number of ether oxygens (including phenoxy) is 7. The van der Waals surface area contributed by atoms with Gasteiger partial charge in [-0.3, -0.25) is 19.1 Å². The van der Waals surface area contributed by atoms with Gasteiger partial charge >= 0.3 is 12.1 Å². The first-order valence-electron chi connectivity index (χ1n) is 21.8. The van der Waals surface area contributed by atoms with Gasteiger partial charge in [0.05, 0.1) is 31.5 Å². The fourth-order valence-electron chi connectivity index (χ4n) is 8.57. The number of nitrogens with zero attached hydrogens (tertiary/aromatic N) is 2. The second-order valence-corrected chi connectivity index (χ2v) is 17.1. The van der Waals surface area contributed by atoms with Crippen molar-refractivity contribution in [2.24, 2.45) is 5.92 Å². The number of aromatic amines is 1. The lowest BCUT2D eigenvalue weighted by atomic mass is 9.90. The van der Waals surface area contributed by atoms with Gasteiger partial charge in [0.2, 0.25) is 5.91 Å². The van der Waals surface area contributed by atoms with Crippen LogP contribution in [0, 0.1) is 5.92 Å². The smallest absolute Gasteiger partial charge is 0.490 e. The molecule has 4 fully saturated rings. The second-order valence-electron chi connectivity index (χ2n) is 17.1. The van der Waals surface area contributed by atoms with Gasteiger partial charge in [0.1, 0.15) is 73.0 Å². The van der Waals surface area contributed by atoms with Crippen LogP contribution in [0.25, 0.3) is 0 Å². The van der Waals surface area contributed by atoms with E-state index in [2.05, 4.69) is 15.0 Å². The van der Waals surface area contributed by atoms with Crippen LogP contribution in [0.4, 0.5) is 18.9 Å². The number of hydrogen-bond acceptors (Lipinski definition) is 19. The molecule has 0 bridgehead atoms. The Kier molecular flexibility index (Phi) is 16.5. The zero-order valence-corrected chi connectivity index (χ0v) is 36.4. The normalized spacial score (nSPS) is 33.0. The first kappa shape index (κ1) is 51.1. The summed E-state index contributed by atoms with van der Waals surface area (Å²) in [5.74, 6) is -1.68. The molecule has 3 aromatic rings. The van der Waals surface area contributed by atoms with E-state index < -0.39 is 135 Å². The molecule has 4 aliphatic rings. The number of aliphatic hydroxyl groups is 8. The highest BCUT2D eigenvalue weighted by molar-refractivity contribution is 5.77. The third-order valence-corrected chi connectivity index (χ3v) is 12.3. The maximum atomic E-state index is 13.3. The summed E-state index contributed by atoms with van der Waals surface area (Å²) in [6, 6.07) is 12.0. The van der Waals surface area contributed by atoms with Crippen LogP contribution in [-0.2, 0) is 35.1 Å². The summed E-state index contributed by atoms with van der Waals surface area (Å²) < 4.78 is 77.1. The first-order valence-corrected chi connectivity index (χ1v) is 21.8. The number of halogens is 3. The Morgan fingerprint density at radius 2 is 1.49 bits per heavy atom. The Bertz CT molecular complexity index is 2230. The summed E-state index contributed by atoms with van der Waals surface area (Å²) in [4.78, 5) is 41.4. The van der Waals surface area contributed by atoms with Crippen molar-refractivity contribution in [2.75, 3.05) is 31.2 Å². The van der Waals surface area contributed by atoms with E-state index in [1.54, 1.807) is 0 Å². The van der Waals surface area contributed by atoms with Gasteiger partial charge in [-0.15, -0.1) is 13.2 Å². The summed E-state index contributed by atoms with van der Waals surface area (Å²) in [5.41, 5.74) is -0.0784. The number of rotatable bonds is 16. The molecule has 4 aliphatic heterocycles. The van der Waals surface area contributed by atoms with E-state index in [-0.39, 0.29) is 18.5 Å². The van der Waals surface area contributed by atoms with Crippen molar-refractivity contribution in [1.29, 1.82) is 0 Å². The van der Waals surface area contributed by atoms with Crippen LogP contribution in [0.3, 0.4) is 0 Å². The van der Waals surface area contributed by atoms with E-state index in [0.29, 0.717) is 37.2 Å². The Labute approximate surface area is 384 Å². The topological polar surface area (TPSA) is 314 Å². The van der Waals surface area contributed by atoms with Gasteiger partial charge in [0, 0.05) is 56.2 Å². The number of amides is 1. The molecule has 0 saturated carbocycles. The number of nitrogens with one attached hydrogen (secondary N) is 2. The van der Waals surface area contributed by atoms with Gasteiger partial charge in [-0.2, -0.15) is 0 Å². The second kappa shape index (κ2) is 21.9. The van der Waals surface area contributed by atoms with Crippen molar-refractivity contribution in [1.82, 2.24) is 14.9 Å². The van der Waals surface area contributed by atoms with Gasteiger partial charge < -0.3 is 84.2 Å². The van der Waals surface area contributed by atoms with Crippen LogP contribution < -0.4 is 30.9 Å². The maximum absolute atomic E-state index is 13.3. The third kappa shape index (κ3) is 12.2. The molecular formula is C43H55F3N4O18. The zero-order chi connectivity index (χ0) is 49.0. The summed E-state index contributed by atoms with van der Waals surface area (Å²) in [6.45, 7) is 1.47. The number of piperidine rings is 1. The lowest BCUT2D eigenvalue weighted by molar-refractivity contribution is -0.354. The number of aromatic nitrogens is 2. The number of hydrogen-bond donors (Lipinski definition) is 10. The molecule has 0 spiro atoms. The van der Waals surface area contributed by atoms with Crippen LogP contribution in [0.1, 0.15) is 38.0 Å². The average Bonchev–Trinajstić information content (AvgIpc) is 3.60. The molecule has 0 aliphatic carbocycles. The number of carbonyl (C=O) groups is 1. The summed E-state index contributed by atoms with van der Waals surface area (Å²) in [7, 11) is 0. The van der Waals surface area contributed by atoms with Crippen molar-refractivity contribution in [3.05, 3.63) is 87.2 Å². The van der Waals surface area contributed by atoms with Gasteiger partial charge in [-0.05, 0) is 42.0 Å². The Morgan fingerprint density at radius 1 is 0.838 bits per heavy atom. The van der Waals surface area contributed by atoms with Crippen LogP contribution >= 0.6 is 0 Å². The number of benzene rings is 2. The highest BCUT2D eigenvalue weighted by Gasteiger charge is 2.53. The van der Waals surface area contributed by atoms with E-state index in [9.17, 15) is 68.4 Å². The molecule has 5 heterocycles. The highest BCUT2D eigenvalue weighted by atomic mass is 19.4. The molecule has 10 N–H and O–H groups in total. The molecule has 6 unspecified atom stereocenters. The van der Waals surface area contributed by atoms with Gasteiger partial charge in [0.25, 0.3) is 5.56 Å². The molecule has 2 aromatic carbocycles. The van der Waals surface area contributed by atoms with Crippen LogP contribution in [0.2, 0.25) is 0 Å².